The van der Waals surface area contributed by atoms with E-state index >= 15 is 0 Å². The minimum Gasteiger partial charge on any atom is -0.445 e. The highest BCUT2D eigenvalue weighted by Crippen LogP contribution is 2.32. The summed E-state index contributed by atoms with van der Waals surface area (Å²) in [5.74, 6) is -1.90. The molecule has 0 saturated carbocycles. The number of alkyl halides is 3. The quantitative estimate of drug-likeness (QED) is 0.417. The van der Waals surface area contributed by atoms with E-state index in [0.717, 1.165) is 6.07 Å². The van der Waals surface area contributed by atoms with Gasteiger partial charge in [-0.3, -0.25) is 14.9 Å². The van der Waals surface area contributed by atoms with Crippen molar-refractivity contribution < 1.29 is 32.4 Å². The number of carbonyl (C=O) groups excluding carboxylic acids is 2. The number of esters is 1. The number of hydrogen-bond acceptors (Lipinski definition) is 5. The zero-order chi connectivity index (χ0) is 22.1. The number of fused-ring (bicyclic) bond motifs is 1. The van der Waals surface area contributed by atoms with Crippen molar-refractivity contribution in [1.82, 2.24) is 4.90 Å². The smallest absolute Gasteiger partial charge is 0.406 e. The van der Waals surface area contributed by atoms with Crippen LogP contribution in [-0.4, -0.2) is 40.0 Å². The van der Waals surface area contributed by atoms with Gasteiger partial charge in [-0.05, 0) is 18.6 Å². The van der Waals surface area contributed by atoms with Gasteiger partial charge in [-0.15, -0.1) is 0 Å². The van der Waals surface area contributed by atoms with Crippen molar-refractivity contribution in [1.29, 1.82) is 0 Å². The molecule has 0 spiro atoms. The topological polar surface area (TPSA) is 89.8 Å². The number of nitro groups is 1. The third-order valence-corrected chi connectivity index (χ3v) is 4.74. The molecule has 0 aliphatic carbocycles. The molecule has 0 fully saturated rings. The number of ether oxygens (including phenoxy) is 1. The number of rotatable bonds is 5. The van der Waals surface area contributed by atoms with E-state index in [-0.39, 0.29) is 17.5 Å². The molecule has 0 bridgehead atoms. The molecule has 1 heterocycles. The van der Waals surface area contributed by atoms with Gasteiger partial charge < -0.3 is 9.64 Å². The first-order valence-corrected chi connectivity index (χ1v) is 8.90. The Morgan fingerprint density at radius 2 is 1.83 bits per heavy atom. The van der Waals surface area contributed by atoms with Crippen LogP contribution in [0, 0.1) is 10.1 Å². The summed E-state index contributed by atoms with van der Waals surface area (Å²) >= 11 is 0. The first-order valence-electron chi connectivity index (χ1n) is 8.90. The number of nitrogens with zero attached hydrogens (tertiary/aromatic N) is 2. The molecule has 1 amide bonds. The van der Waals surface area contributed by atoms with Crippen LogP contribution in [-0.2, 0) is 22.5 Å². The Bertz CT molecular complexity index is 1010. The molecule has 0 saturated heterocycles. The van der Waals surface area contributed by atoms with E-state index in [1.54, 1.807) is 18.2 Å². The standard InChI is InChI=1S/C20H17F3N2O5/c1-19(10-13-6-2-4-8-15(13)17(26)30-19)18(27)24(12-20(21,22)23)11-14-7-3-5-9-16(14)25(28)29/h2-9H,10-12H2,1H3. The third-order valence-electron chi connectivity index (χ3n) is 4.74. The summed E-state index contributed by atoms with van der Waals surface area (Å²) < 4.78 is 44.8. The minimum atomic E-state index is -4.76. The van der Waals surface area contributed by atoms with Crippen molar-refractivity contribution in [2.24, 2.45) is 0 Å². The second kappa shape index (κ2) is 7.77. The summed E-state index contributed by atoms with van der Waals surface area (Å²) in [6, 6.07) is 11.6. The summed E-state index contributed by atoms with van der Waals surface area (Å²) in [7, 11) is 0. The normalized spacial score (nSPS) is 18.3. The molecule has 30 heavy (non-hydrogen) atoms. The lowest BCUT2D eigenvalue weighted by atomic mass is 9.88. The number of para-hydroxylation sites is 1. The van der Waals surface area contributed by atoms with Crippen molar-refractivity contribution in [3.05, 3.63) is 75.3 Å². The summed E-state index contributed by atoms with van der Waals surface area (Å²) in [5, 5.41) is 11.2. The zero-order valence-corrected chi connectivity index (χ0v) is 15.8. The van der Waals surface area contributed by atoms with Gasteiger partial charge in [-0.25, -0.2) is 4.79 Å². The first-order chi connectivity index (χ1) is 14.0. The molecule has 0 radical (unpaired) electrons. The van der Waals surface area contributed by atoms with Crippen molar-refractivity contribution in [2.45, 2.75) is 31.7 Å². The Labute approximate surface area is 169 Å². The van der Waals surface area contributed by atoms with Crippen LogP contribution in [0.15, 0.2) is 48.5 Å². The lowest BCUT2D eigenvalue weighted by Gasteiger charge is -2.37. The molecule has 10 heteroatoms. The van der Waals surface area contributed by atoms with Crippen LogP contribution >= 0.6 is 0 Å². The van der Waals surface area contributed by atoms with Crippen LogP contribution < -0.4 is 0 Å². The maximum absolute atomic E-state index is 13.2. The average molecular weight is 422 g/mol. The Morgan fingerprint density at radius 3 is 2.50 bits per heavy atom. The monoisotopic (exact) mass is 422 g/mol. The highest BCUT2D eigenvalue weighted by atomic mass is 19.4. The maximum Gasteiger partial charge on any atom is 0.406 e. The van der Waals surface area contributed by atoms with Crippen molar-refractivity contribution in [2.75, 3.05) is 6.54 Å². The van der Waals surface area contributed by atoms with Gasteiger partial charge in [0.2, 0.25) is 0 Å². The molecule has 1 aliphatic rings. The van der Waals surface area contributed by atoms with Gasteiger partial charge in [0.15, 0.2) is 5.60 Å². The number of amides is 1. The van der Waals surface area contributed by atoms with E-state index in [1.165, 1.54) is 31.2 Å². The molecule has 1 unspecified atom stereocenters. The average Bonchev–Trinajstić information content (AvgIpc) is 2.66. The molecule has 7 nitrogen and oxygen atoms in total. The number of halogens is 3. The summed E-state index contributed by atoms with van der Waals surface area (Å²) in [5.41, 5.74) is -1.63. The number of cyclic esters (lactones) is 1. The first kappa shape index (κ1) is 21.3. The molecule has 0 aromatic heterocycles. The number of nitro benzene ring substituents is 1. The summed E-state index contributed by atoms with van der Waals surface area (Å²) in [6.45, 7) is -1.07. The van der Waals surface area contributed by atoms with Gasteiger partial charge >= 0.3 is 12.1 Å². The Balaban J connectivity index is 1.96. The zero-order valence-electron chi connectivity index (χ0n) is 15.8. The fourth-order valence-electron chi connectivity index (χ4n) is 3.43. The highest BCUT2D eigenvalue weighted by Gasteiger charge is 2.47. The minimum absolute atomic E-state index is 0.0637. The molecule has 158 valence electrons. The van der Waals surface area contributed by atoms with Crippen molar-refractivity contribution in [3.8, 4) is 0 Å². The van der Waals surface area contributed by atoms with Gasteiger partial charge in [-0.1, -0.05) is 36.4 Å². The van der Waals surface area contributed by atoms with E-state index in [4.69, 9.17) is 4.74 Å². The molecule has 1 aliphatic heterocycles. The maximum atomic E-state index is 13.2. The second-order valence-electron chi connectivity index (χ2n) is 7.12. The fraction of sp³-hybridized carbons (Fsp3) is 0.300. The van der Waals surface area contributed by atoms with Crippen LogP contribution in [0.2, 0.25) is 0 Å². The summed E-state index contributed by atoms with van der Waals surface area (Å²) in [6.07, 6.45) is -4.87. The molecule has 2 aromatic carbocycles. The fourth-order valence-corrected chi connectivity index (χ4v) is 3.43. The van der Waals surface area contributed by atoms with Crippen LogP contribution in [0.5, 0.6) is 0 Å². The number of benzene rings is 2. The van der Waals surface area contributed by atoms with Gasteiger partial charge in [0.05, 0.1) is 17.0 Å². The summed E-state index contributed by atoms with van der Waals surface area (Å²) in [4.78, 5) is 36.3. The lowest BCUT2D eigenvalue weighted by Crippen LogP contribution is -2.54. The van der Waals surface area contributed by atoms with Crippen LogP contribution in [0.4, 0.5) is 18.9 Å². The molecule has 0 N–H and O–H groups in total. The molecular formula is C20H17F3N2O5. The Morgan fingerprint density at radius 1 is 1.20 bits per heavy atom. The lowest BCUT2D eigenvalue weighted by molar-refractivity contribution is -0.385. The third kappa shape index (κ3) is 4.42. The van der Waals surface area contributed by atoms with Gasteiger partial charge in [0.1, 0.15) is 6.54 Å². The van der Waals surface area contributed by atoms with E-state index in [2.05, 4.69) is 0 Å². The predicted molar refractivity (Wildman–Crippen MR) is 98.5 cm³/mol. The van der Waals surface area contributed by atoms with Crippen molar-refractivity contribution >= 4 is 17.6 Å². The van der Waals surface area contributed by atoms with Crippen molar-refractivity contribution in [3.63, 3.8) is 0 Å². The number of carbonyl (C=O) groups is 2. The largest absolute Gasteiger partial charge is 0.445 e. The number of hydrogen-bond donors (Lipinski definition) is 0. The van der Waals surface area contributed by atoms with Gasteiger partial charge in [-0.2, -0.15) is 13.2 Å². The highest BCUT2D eigenvalue weighted by molar-refractivity contribution is 5.97. The van der Waals surface area contributed by atoms with Crippen LogP contribution in [0.3, 0.4) is 0 Å². The SMILES string of the molecule is CC1(C(=O)N(Cc2ccccc2[N+](=O)[O-])CC(F)(F)F)Cc2ccccc2C(=O)O1. The molecular weight excluding hydrogens is 405 g/mol. The Hall–Kier alpha value is -3.43. The van der Waals surface area contributed by atoms with E-state index in [0.29, 0.717) is 10.5 Å². The van der Waals surface area contributed by atoms with E-state index in [1.807, 2.05) is 0 Å². The van der Waals surface area contributed by atoms with Gasteiger partial charge in [0.25, 0.3) is 11.6 Å². The predicted octanol–water partition coefficient (Wildman–Crippen LogP) is 3.66. The van der Waals surface area contributed by atoms with Gasteiger partial charge in [0, 0.05) is 18.1 Å². The molecule has 1 atom stereocenters. The van der Waals surface area contributed by atoms with E-state index < -0.39 is 47.4 Å². The molecule has 2 aromatic rings. The van der Waals surface area contributed by atoms with E-state index in [9.17, 15) is 32.9 Å². The molecule has 3 rings (SSSR count). The second-order valence-corrected chi connectivity index (χ2v) is 7.12. The van der Waals surface area contributed by atoms with Crippen LogP contribution in [0.1, 0.15) is 28.4 Å². The Kier molecular flexibility index (Phi) is 5.51. The van der Waals surface area contributed by atoms with Crippen LogP contribution in [0.25, 0.3) is 0 Å².